The minimum Gasteiger partial charge on any atom is -0.471 e. The molecule has 1 aromatic carbocycles. The van der Waals surface area contributed by atoms with Crippen LogP contribution in [0.2, 0.25) is 0 Å². The summed E-state index contributed by atoms with van der Waals surface area (Å²) in [6.45, 7) is -1.13. The lowest BCUT2D eigenvalue weighted by atomic mass is 10.1. The monoisotopic (exact) mass is 393 g/mol. The van der Waals surface area contributed by atoms with Gasteiger partial charge >= 0.3 is 12.3 Å². The third-order valence-electron chi connectivity index (χ3n) is 3.18. The fourth-order valence-electron chi connectivity index (χ4n) is 1.77. The van der Waals surface area contributed by atoms with Crippen LogP contribution < -0.4 is 15.8 Å². The summed E-state index contributed by atoms with van der Waals surface area (Å²) >= 11 is 0. The summed E-state index contributed by atoms with van der Waals surface area (Å²) in [7, 11) is 0. The molecule has 1 heterocycles. The molecule has 0 aliphatic heterocycles. The van der Waals surface area contributed by atoms with E-state index >= 15 is 0 Å². The van der Waals surface area contributed by atoms with Crippen LogP contribution in [0.4, 0.5) is 23.2 Å². The normalized spacial score (nSPS) is 11.0. The van der Waals surface area contributed by atoms with Gasteiger partial charge in [0.05, 0.1) is 11.9 Å². The molecule has 0 saturated carbocycles. The van der Waals surface area contributed by atoms with Gasteiger partial charge in [0.2, 0.25) is 5.88 Å². The number of anilines is 1. The molecule has 5 nitrogen and oxygen atoms in total. The Labute approximate surface area is 153 Å². The molecule has 2 aromatic rings. The number of alkyl halides is 4. The first-order valence-corrected chi connectivity index (χ1v) is 7.17. The van der Waals surface area contributed by atoms with Crippen LogP contribution in [0.1, 0.15) is 15.9 Å². The number of nitrogens with two attached hydrogens (primary N) is 1. The second-order valence-electron chi connectivity index (χ2n) is 5.09. The number of aromatic nitrogens is 1. The Hall–Kier alpha value is -2.39. The van der Waals surface area contributed by atoms with E-state index in [9.17, 15) is 22.4 Å². The summed E-state index contributed by atoms with van der Waals surface area (Å²) in [5.41, 5.74) is 7.04. The van der Waals surface area contributed by atoms with E-state index in [2.05, 4.69) is 15.0 Å². The predicted octanol–water partition coefficient (Wildman–Crippen LogP) is 3.49. The van der Waals surface area contributed by atoms with Crippen LogP contribution in [0.25, 0.3) is 0 Å². The summed E-state index contributed by atoms with van der Waals surface area (Å²) in [6.07, 6.45) is -2.65. The number of ether oxygens (including phenoxy) is 1. The number of nitrogens with zero attached hydrogens (tertiary/aromatic N) is 1. The number of pyridine rings is 1. The van der Waals surface area contributed by atoms with Gasteiger partial charge in [0.15, 0.2) is 6.61 Å². The Balaban J connectivity index is 0.00000338. The molecule has 1 aromatic heterocycles. The van der Waals surface area contributed by atoms with E-state index in [0.29, 0.717) is 17.8 Å². The molecule has 0 aliphatic rings. The maximum absolute atomic E-state index is 12.8. The summed E-state index contributed by atoms with van der Waals surface area (Å²) in [5.74, 6) is -4.92. The standard InChI is InChI=1S/C16H15F4N3O2.ClH/c17-15(18)16(19,20)9-25-13-6-5-12(8-22-13)23-14(24)11-3-1-10(7-21)2-4-11;/h1-6,8,15H,7,9,21H2,(H,23,24);1H. The zero-order valence-electron chi connectivity index (χ0n) is 13.3. The quantitative estimate of drug-likeness (QED) is 0.706. The molecular formula is C16H16ClF4N3O2. The number of halogens is 5. The highest BCUT2D eigenvalue weighted by molar-refractivity contribution is 6.04. The van der Waals surface area contributed by atoms with Crippen LogP contribution >= 0.6 is 12.4 Å². The van der Waals surface area contributed by atoms with E-state index in [1.807, 2.05) is 0 Å². The Bertz CT molecular complexity index is 712. The van der Waals surface area contributed by atoms with Crippen molar-refractivity contribution in [3.63, 3.8) is 0 Å². The number of benzene rings is 1. The number of rotatable bonds is 7. The average molecular weight is 394 g/mol. The van der Waals surface area contributed by atoms with Crippen molar-refractivity contribution in [3.8, 4) is 5.88 Å². The molecule has 142 valence electrons. The van der Waals surface area contributed by atoms with Gasteiger partial charge in [0.1, 0.15) is 0 Å². The van der Waals surface area contributed by atoms with Gasteiger partial charge in [0, 0.05) is 18.2 Å². The van der Waals surface area contributed by atoms with Gasteiger partial charge in [-0.05, 0) is 23.8 Å². The maximum atomic E-state index is 12.8. The molecule has 0 atom stereocenters. The molecule has 3 N–H and O–H groups in total. The molecule has 0 radical (unpaired) electrons. The number of carbonyl (C=O) groups excluding carboxylic acids is 1. The first-order chi connectivity index (χ1) is 11.8. The van der Waals surface area contributed by atoms with Gasteiger partial charge in [-0.2, -0.15) is 8.78 Å². The van der Waals surface area contributed by atoms with Crippen LogP contribution in [0.5, 0.6) is 5.88 Å². The van der Waals surface area contributed by atoms with Crippen LogP contribution in [0.15, 0.2) is 42.6 Å². The highest BCUT2D eigenvalue weighted by Crippen LogP contribution is 2.24. The Kier molecular flexibility index (Phi) is 7.78. The molecule has 26 heavy (non-hydrogen) atoms. The third kappa shape index (κ3) is 5.85. The first-order valence-electron chi connectivity index (χ1n) is 7.17. The van der Waals surface area contributed by atoms with Crippen molar-refractivity contribution >= 4 is 24.0 Å². The molecule has 0 spiro atoms. The molecule has 0 saturated heterocycles. The molecular weight excluding hydrogens is 378 g/mol. The summed E-state index contributed by atoms with van der Waals surface area (Å²) in [5, 5.41) is 2.56. The molecule has 10 heteroatoms. The molecule has 0 bridgehead atoms. The van der Waals surface area contributed by atoms with Crippen molar-refractivity contribution in [1.82, 2.24) is 4.98 Å². The lowest BCUT2D eigenvalue weighted by molar-refractivity contribution is -0.148. The molecule has 0 unspecified atom stereocenters. The number of hydrogen-bond acceptors (Lipinski definition) is 4. The van der Waals surface area contributed by atoms with Crippen LogP contribution in [-0.2, 0) is 6.54 Å². The second kappa shape index (κ2) is 9.35. The fraction of sp³-hybridized carbons (Fsp3) is 0.250. The SMILES string of the molecule is Cl.NCc1ccc(C(=O)Nc2ccc(OCC(F)(F)C(F)F)nc2)cc1. The van der Waals surface area contributed by atoms with Gasteiger partial charge in [-0.25, -0.2) is 13.8 Å². The minimum atomic E-state index is -4.26. The Morgan fingerprint density at radius 2 is 1.85 bits per heavy atom. The minimum absolute atomic E-state index is 0. The second-order valence-corrected chi connectivity index (χ2v) is 5.09. The maximum Gasteiger partial charge on any atom is 0.340 e. The van der Waals surface area contributed by atoms with Gasteiger partial charge in [0.25, 0.3) is 5.91 Å². The first kappa shape index (κ1) is 21.7. The van der Waals surface area contributed by atoms with E-state index in [4.69, 9.17) is 5.73 Å². The van der Waals surface area contributed by atoms with Gasteiger partial charge < -0.3 is 15.8 Å². The zero-order chi connectivity index (χ0) is 18.4. The average Bonchev–Trinajstić information content (AvgIpc) is 2.61. The van der Waals surface area contributed by atoms with Crippen molar-refractivity contribution in [2.45, 2.75) is 18.9 Å². The van der Waals surface area contributed by atoms with Crippen LogP contribution in [0, 0.1) is 0 Å². The van der Waals surface area contributed by atoms with Crippen molar-refractivity contribution in [1.29, 1.82) is 0 Å². The highest BCUT2D eigenvalue weighted by atomic mass is 35.5. The largest absolute Gasteiger partial charge is 0.471 e. The third-order valence-corrected chi connectivity index (χ3v) is 3.18. The molecule has 1 amide bonds. The van der Waals surface area contributed by atoms with E-state index < -0.39 is 24.9 Å². The molecule has 2 rings (SSSR count). The van der Waals surface area contributed by atoms with Crippen molar-refractivity contribution in [3.05, 3.63) is 53.7 Å². The Morgan fingerprint density at radius 1 is 1.19 bits per heavy atom. The smallest absolute Gasteiger partial charge is 0.340 e. The van der Waals surface area contributed by atoms with E-state index in [1.165, 1.54) is 18.3 Å². The van der Waals surface area contributed by atoms with E-state index in [0.717, 1.165) is 5.56 Å². The van der Waals surface area contributed by atoms with E-state index in [1.54, 1.807) is 24.3 Å². The number of amides is 1. The molecule has 0 fully saturated rings. The lowest BCUT2D eigenvalue weighted by Gasteiger charge is -2.15. The van der Waals surface area contributed by atoms with Crippen molar-refractivity contribution in [2.24, 2.45) is 5.73 Å². The summed E-state index contributed by atoms with van der Waals surface area (Å²) in [6, 6.07) is 9.19. The fourth-order valence-corrected chi connectivity index (χ4v) is 1.77. The highest BCUT2D eigenvalue weighted by Gasteiger charge is 2.41. The van der Waals surface area contributed by atoms with Crippen molar-refractivity contribution in [2.75, 3.05) is 11.9 Å². The zero-order valence-corrected chi connectivity index (χ0v) is 14.1. The lowest BCUT2D eigenvalue weighted by Crippen LogP contribution is -2.33. The number of carbonyl (C=O) groups is 1. The number of nitrogens with one attached hydrogen (secondary N) is 1. The summed E-state index contributed by atoms with van der Waals surface area (Å²) in [4.78, 5) is 15.7. The Morgan fingerprint density at radius 3 is 2.35 bits per heavy atom. The van der Waals surface area contributed by atoms with Crippen LogP contribution in [-0.4, -0.2) is 29.8 Å². The van der Waals surface area contributed by atoms with Gasteiger partial charge in [-0.15, -0.1) is 12.4 Å². The topological polar surface area (TPSA) is 77.2 Å². The molecule has 0 aliphatic carbocycles. The van der Waals surface area contributed by atoms with Gasteiger partial charge in [-0.1, -0.05) is 12.1 Å². The van der Waals surface area contributed by atoms with E-state index in [-0.39, 0.29) is 18.3 Å². The van der Waals surface area contributed by atoms with Crippen LogP contribution in [0.3, 0.4) is 0 Å². The van der Waals surface area contributed by atoms with Gasteiger partial charge in [-0.3, -0.25) is 4.79 Å². The number of hydrogen-bond donors (Lipinski definition) is 2. The summed E-state index contributed by atoms with van der Waals surface area (Å²) < 4.78 is 54.1. The van der Waals surface area contributed by atoms with Crippen molar-refractivity contribution < 1.29 is 27.1 Å². The predicted molar refractivity (Wildman–Crippen MR) is 90.2 cm³/mol.